The highest BCUT2D eigenvalue weighted by molar-refractivity contribution is 5.86. The van der Waals surface area contributed by atoms with Crippen LogP contribution in [-0.2, 0) is 14.3 Å². The average Bonchev–Trinajstić information content (AvgIpc) is 3.07. The molecule has 0 spiro atoms. The smallest absolute Gasteiger partial charge is 0.309 e. The number of aliphatic carboxylic acids is 1. The quantitative estimate of drug-likeness (QED) is 0.743. The van der Waals surface area contributed by atoms with Gasteiger partial charge in [-0.3, -0.25) is 9.59 Å². The molecule has 0 bridgehead atoms. The van der Waals surface area contributed by atoms with Gasteiger partial charge in [0.15, 0.2) is 0 Å². The van der Waals surface area contributed by atoms with E-state index in [1.807, 2.05) is 0 Å². The molecule has 0 aliphatic heterocycles. The lowest BCUT2D eigenvalue weighted by Gasteiger charge is -2.20. The Morgan fingerprint density at radius 3 is 2.38 bits per heavy atom. The number of hydrogen-bond donors (Lipinski definition) is 1. The Kier molecular flexibility index (Phi) is 3.46. The van der Waals surface area contributed by atoms with E-state index < -0.39 is 11.9 Å². The molecule has 0 aromatic rings. The number of rotatable bonds is 4. The van der Waals surface area contributed by atoms with Crippen LogP contribution in [0.5, 0.6) is 0 Å². The Hall–Kier alpha value is -1.06. The summed E-state index contributed by atoms with van der Waals surface area (Å²) in [6.45, 7) is 0.488. The maximum Gasteiger partial charge on any atom is 0.309 e. The molecular formula is C12H18O4. The fraction of sp³-hybridized carbons (Fsp3) is 0.833. The zero-order valence-electron chi connectivity index (χ0n) is 9.35. The van der Waals surface area contributed by atoms with Crippen molar-refractivity contribution >= 4 is 11.9 Å². The number of carboxylic acids is 1. The van der Waals surface area contributed by atoms with Gasteiger partial charge in [0.05, 0.1) is 18.4 Å². The van der Waals surface area contributed by atoms with Gasteiger partial charge in [0.1, 0.15) is 0 Å². The van der Waals surface area contributed by atoms with E-state index in [4.69, 9.17) is 9.84 Å². The molecule has 2 rings (SSSR count). The summed E-state index contributed by atoms with van der Waals surface area (Å²) in [7, 11) is 0. The van der Waals surface area contributed by atoms with Crippen LogP contribution in [-0.4, -0.2) is 23.7 Å². The van der Waals surface area contributed by atoms with Gasteiger partial charge in [-0.2, -0.15) is 0 Å². The Morgan fingerprint density at radius 2 is 1.81 bits per heavy atom. The largest absolute Gasteiger partial charge is 0.481 e. The summed E-state index contributed by atoms with van der Waals surface area (Å²) in [5.41, 5.74) is 0. The van der Waals surface area contributed by atoms with Crippen LogP contribution >= 0.6 is 0 Å². The van der Waals surface area contributed by atoms with E-state index in [0.29, 0.717) is 18.9 Å². The molecule has 0 aromatic heterocycles. The van der Waals surface area contributed by atoms with Crippen LogP contribution in [0.25, 0.3) is 0 Å². The molecule has 2 atom stereocenters. The topological polar surface area (TPSA) is 63.6 Å². The molecule has 16 heavy (non-hydrogen) atoms. The van der Waals surface area contributed by atoms with Gasteiger partial charge in [0.2, 0.25) is 0 Å². The molecule has 4 nitrogen and oxygen atoms in total. The van der Waals surface area contributed by atoms with E-state index in [0.717, 1.165) is 12.8 Å². The minimum Gasteiger partial charge on any atom is -0.481 e. The van der Waals surface area contributed by atoms with Gasteiger partial charge in [-0.25, -0.2) is 0 Å². The fourth-order valence-electron chi connectivity index (χ4n) is 2.39. The second kappa shape index (κ2) is 4.85. The van der Waals surface area contributed by atoms with Gasteiger partial charge in [-0.05, 0) is 25.2 Å². The Labute approximate surface area is 95.0 Å². The number of esters is 1. The molecule has 0 radical (unpaired) electrons. The predicted octanol–water partition coefficient (Wildman–Crippen LogP) is 1.83. The standard InChI is InChI=1S/C12H18O4/c13-11(14)9-6-10(9)12(15)16-7-8-4-2-1-3-5-8/h8-10H,1-7H2,(H,13,14)/t9-,10-/m1/s1. The predicted molar refractivity (Wildman–Crippen MR) is 56.8 cm³/mol. The molecule has 2 aliphatic rings. The zero-order chi connectivity index (χ0) is 11.5. The third-order valence-corrected chi connectivity index (χ3v) is 3.60. The molecule has 1 N–H and O–H groups in total. The van der Waals surface area contributed by atoms with Crippen LogP contribution in [0.4, 0.5) is 0 Å². The normalized spacial score (nSPS) is 29.8. The van der Waals surface area contributed by atoms with Crippen molar-refractivity contribution in [1.82, 2.24) is 0 Å². The number of carboxylic acid groups (broad SMARTS) is 1. The number of carbonyl (C=O) groups excluding carboxylic acids is 1. The van der Waals surface area contributed by atoms with E-state index in [9.17, 15) is 9.59 Å². The summed E-state index contributed by atoms with van der Waals surface area (Å²) in [5.74, 6) is -1.54. The molecule has 0 heterocycles. The van der Waals surface area contributed by atoms with Crippen LogP contribution in [0.2, 0.25) is 0 Å². The molecule has 0 unspecified atom stereocenters. The van der Waals surface area contributed by atoms with Gasteiger partial charge >= 0.3 is 11.9 Å². The maximum atomic E-state index is 11.5. The van der Waals surface area contributed by atoms with Gasteiger partial charge < -0.3 is 9.84 Å². The van der Waals surface area contributed by atoms with Gasteiger partial charge in [-0.15, -0.1) is 0 Å². The minimum absolute atomic E-state index is 0.307. The van der Waals surface area contributed by atoms with E-state index in [1.54, 1.807) is 0 Å². The number of ether oxygens (including phenoxy) is 1. The van der Waals surface area contributed by atoms with Crippen molar-refractivity contribution in [2.24, 2.45) is 17.8 Å². The van der Waals surface area contributed by atoms with Crippen LogP contribution in [0, 0.1) is 17.8 Å². The lowest BCUT2D eigenvalue weighted by atomic mass is 9.90. The SMILES string of the molecule is O=C(O)[C@@H]1C[C@H]1C(=O)OCC1CCCCC1. The summed E-state index contributed by atoms with van der Waals surface area (Å²) in [5, 5.41) is 8.68. The molecule has 90 valence electrons. The van der Waals surface area contributed by atoms with E-state index in [2.05, 4.69) is 0 Å². The highest BCUT2D eigenvalue weighted by Gasteiger charge is 2.49. The molecule has 2 aliphatic carbocycles. The number of hydrogen-bond acceptors (Lipinski definition) is 3. The summed E-state index contributed by atoms with van der Waals surface area (Å²) in [4.78, 5) is 22.1. The summed E-state index contributed by atoms with van der Waals surface area (Å²) in [6.07, 6.45) is 6.47. The van der Waals surface area contributed by atoms with E-state index in [1.165, 1.54) is 19.3 Å². The van der Waals surface area contributed by atoms with E-state index >= 15 is 0 Å². The second-order valence-electron chi connectivity index (χ2n) is 4.92. The van der Waals surface area contributed by atoms with Gasteiger partial charge in [0, 0.05) is 0 Å². The molecular weight excluding hydrogens is 208 g/mol. The molecule has 2 fully saturated rings. The Morgan fingerprint density at radius 1 is 1.12 bits per heavy atom. The van der Waals surface area contributed by atoms with Gasteiger partial charge in [-0.1, -0.05) is 19.3 Å². The van der Waals surface area contributed by atoms with Crippen molar-refractivity contribution in [3.05, 3.63) is 0 Å². The Balaban J connectivity index is 1.66. The second-order valence-corrected chi connectivity index (χ2v) is 4.92. The zero-order valence-corrected chi connectivity index (χ0v) is 9.35. The third-order valence-electron chi connectivity index (χ3n) is 3.60. The highest BCUT2D eigenvalue weighted by atomic mass is 16.5. The first-order valence-electron chi connectivity index (χ1n) is 6.08. The van der Waals surface area contributed by atoms with Crippen molar-refractivity contribution in [1.29, 1.82) is 0 Å². The van der Waals surface area contributed by atoms with Crippen LogP contribution in [0.3, 0.4) is 0 Å². The van der Waals surface area contributed by atoms with Gasteiger partial charge in [0.25, 0.3) is 0 Å². The Bertz CT molecular complexity index is 281. The molecule has 0 aromatic carbocycles. The molecule has 2 saturated carbocycles. The number of carbonyl (C=O) groups is 2. The lowest BCUT2D eigenvalue weighted by molar-refractivity contribution is -0.150. The first-order chi connectivity index (χ1) is 7.68. The van der Waals surface area contributed by atoms with Crippen LogP contribution in [0.15, 0.2) is 0 Å². The van der Waals surface area contributed by atoms with Crippen molar-refractivity contribution in [3.8, 4) is 0 Å². The minimum atomic E-state index is -0.875. The van der Waals surface area contributed by atoms with Crippen molar-refractivity contribution < 1.29 is 19.4 Å². The first kappa shape index (κ1) is 11.4. The van der Waals surface area contributed by atoms with Crippen molar-refractivity contribution in [2.75, 3.05) is 6.61 Å². The lowest BCUT2D eigenvalue weighted by Crippen LogP contribution is -2.18. The monoisotopic (exact) mass is 226 g/mol. The third kappa shape index (κ3) is 2.74. The summed E-state index contributed by atoms with van der Waals surface area (Å²) >= 11 is 0. The average molecular weight is 226 g/mol. The fourth-order valence-corrected chi connectivity index (χ4v) is 2.39. The van der Waals surface area contributed by atoms with Crippen molar-refractivity contribution in [3.63, 3.8) is 0 Å². The first-order valence-corrected chi connectivity index (χ1v) is 6.08. The van der Waals surface area contributed by atoms with E-state index in [-0.39, 0.29) is 11.9 Å². The van der Waals surface area contributed by atoms with Crippen LogP contribution < -0.4 is 0 Å². The molecule has 0 saturated heterocycles. The summed E-state index contributed by atoms with van der Waals surface area (Å²) < 4.78 is 5.18. The molecule has 4 heteroatoms. The van der Waals surface area contributed by atoms with Crippen molar-refractivity contribution in [2.45, 2.75) is 38.5 Å². The highest BCUT2D eigenvalue weighted by Crippen LogP contribution is 2.39. The summed E-state index contributed by atoms with van der Waals surface area (Å²) in [6, 6.07) is 0. The maximum absolute atomic E-state index is 11.5. The van der Waals surface area contributed by atoms with Crippen LogP contribution in [0.1, 0.15) is 38.5 Å². The molecule has 0 amide bonds.